The highest BCUT2D eigenvalue weighted by Crippen LogP contribution is 2.31. The van der Waals surface area contributed by atoms with E-state index in [4.69, 9.17) is 15.9 Å². The molecule has 1 aliphatic carbocycles. The number of aryl methyl sites for hydroxylation is 4. The second kappa shape index (κ2) is 5.20. The zero-order valence-corrected chi connectivity index (χ0v) is 12.4. The molecule has 1 heterocycles. The van der Waals surface area contributed by atoms with Crippen molar-refractivity contribution in [3.63, 3.8) is 0 Å². The average molecular weight is 281 g/mol. The van der Waals surface area contributed by atoms with Crippen LogP contribution in [0.3, 0.4) is 0 Å². The zero-order chi connectivity index (χ0) is 15.0. The van der Waals surface area contributed by atoms with Crippen LogP contribution in [-0.2, 0) is 12.8 Å². The van der Waals surface area contributed by atoms with Crippen LogP contribution in [0, 0.1) is 19.3 Å². The Bertz CT molecular complexity index is 722. The second-order valence-electron chi connectivity index (χ2n) is 5.59. The lowest BCUT2D eigenvalue weighted by Crippen LogP contribution is -2.14. The lowest BCUT2D eigenvalue weighted by atomic mass is 10.1. The Balaban J connectivity index is 2.05. The highest BCUT2D eigenvalue weighted by atomic mass is 16.5. The molecule has 0 radical (unpaired) electrons. The quantitative estimate of drug-likeness (QED) is 0.670. The minimum absolute atomic E-state index is 0.00231. The highest BCUT2D eigenvalue weighted by Gasteiger charge is 2.19. The van der Waals surface area contributed by atoms with Crippen LogP contribution < -0.4 is 10.5 Å². The van der Waals surface area contributed by atoms with Crippen molar-refractivity contribution >= 4 is 5.84 Å². The second-order valence-corrected chi connectivity index (χ2v) is 5.59. The Hall–Kier alpha value is -2.36. The van der Waals surface area contributed by atoms with Crippen molar-refractivity contribution in [2.45, 2.75) is 33.1 Å². The number of hydrogen-bond acceptors (Lipinski definition) is 3. The van der Waals surface area contributed by atoms with Crippen LogP contribution in [0.4, 0.5) is 0 Å². The van der Waals surface area contributed by atoms with Crippen molar-refractivity contribution in [2.75, 3.05) is 0 Å². The molecule has 1 aliphatic rings. The first-order valence-electron chi connectivity index (χ1n) is 7.17. The van der Waals surface area contributed by atoms with Gasteiger partial charge in [0, 0.05) is 5.69 Å². The maximum atomic E-state index is 7.76. The van der Waals surface area contributed by atoms with Crippen molar-refractivity contribution < 1.29 is 4.74 Å². The Morgan fingerprint density at radius 1 is 1.24 bits per heavy atom. The molecule has 2 aromatic rings. The summed E-state index contributed by atoms with van der Waals surface area (Å²) in [6.45, 7) is 4.02. The third-order valence-electron chi connectivity index (χ3n) is 3.86. The summed E-state index contributed by atoms with van der Waals surface area (Å²) in [5.41, 5.74) is 10.7. The monoisotopic (exact) mass is 281 g/mol. The molecule has 0 aliphatic heterocycles. The van der Waals surface area contributed by atoms with Crippen LogP contribution in [0.25, 0.3) is 0 Å². The molecule has 0 unspecified atom stereocenters. The summed E-state index contributed by atoms with van der Waals surface area (Å²) in [5.74, 6) is 1.21. The highest BCUT2D eigenvalue weighted by molar-refractivity contribution is 5.97. The van der Waals surface area contributed by atoms with Crippen molar-refractivity contribution in [1.82, 2.24) is 4.98 Å². The number of pyridine rings is 1. The van der Waals surface area contributed by atoms with E-state index in [1.165, 1.54) is 5.56 Å². The first kappa shape index (κ1) is 13.6. The van der Waals surface area contributed by atoms with Crippen molar-refractivity contribution in [1.29, 1.82) is 5.41 Å². The topological polar surface area (TPSA) is 72.0 Å². The van der Waals surface area contributed by atoms with Gasteiger partial charge in [-0.2, -0.15) is 0 Å². The number of ether oxygens (including phenoxy) is 1. The SMILES string of the molecule is Cc1ccc(C)c(Oc2nc3c(cc2C(=N)N)CCC3)c1. The van der Waals surface area contributed by atoms with Crippen molar-refractivity contribution in [3.8, 4) is 11.6 Å². The van der Waals surface area contributed by atoms with Gasteiger partial charge in [-0.1, -0.05) is 12.1 Å². The summed E-state index contributed by atoms with van der Waals surface area (Å²) < 4.78 is 5.98. The number of nitrogen functional groups attached to an aromatic ring is 1. The molecule has 0 atom stereocenters. The number of hydrogen-bond donors (Lipinski definition) is 2. The van der Waals surface area contributed by atoms with E-state index in [0.717, 1.165) is 41.8 Å². The van der Waals surface area contributed by atoms with Gasteiger partial charge in [0.05, 0.1) is 5.56 Å². The molecule has 21 heavy (non-hydrogen) atoms. The first-order valence-corrected chi connectivity index (χ1v) is 7.17. The summed E-state index contributed by atoms with van der Waals surface area (Å²) >= 11 is 0. The molecule has 0 saturated heterocycles. The van der Waals surface area contributed by atoms with Crippen LogP contribution in [0.5, 0.6) is 11.6 Å². The fraction of sp³-hybridized carbons (Fsp3) is 0.294. The number of rotatable bonds is 3. The largest absolute Gasteiger partial charge is 0.438 e. The van der Waals surface area contributed by atoms with Gasteiger partial charge in [-0.05, 0) is 61.9 Å². The van der Waals surface area contributed by atoms with Crippen LogP contribution in [0.2, 0.25) is 0 Å². The Morgan fingerprint density at radius 2 is 2.05 bits per heavy atom. The van der Waals surface area contributed by atoms with E-state index < -0.39 is 0 Å². The molecule has 0 amide bonds. The number of nitrogens with zero attached hydrogens (tertiary/aromatic N) is 1. The number of benzene rings is 1. The molecule has 1 aromatic heterocycles. The molecule has 0 fully saturated rings. The Labute approximate surface area is 124 Å². The van der Waals surface area contributed by atoms with Gasteiger partial charge in [0.15, 0.2) is 0 Å². The summed E-state index contributed by atoms with van der Waals surface area (Å²) in [6, 6.07) is 8.00. The molecule has 4 nitrogen and oxygen atoms in total. The minimum atomic E-state index is -0.00231. The molecule has 0 spiro atoms. The standard InChI is InChI=1S/C17H19N3O/c1-10-6-7-11(2)15(8-10)21-17-13(16(18)19)9-12-4-3-5-14(12)20-17/h6-9H,3-5H2,1-2H3,(H3,18,19). The maximum absolute atomic E-state index is 7.76. The summed E-state index contributed by atoms with van der Waals surface area (Å²) in [4.78, 5) is 4.60. The molecule has 0 bridgehead atoms. The maximum Gasteiger partial charge on any atom is 0.230 e. The molecule has 108 valence electrons. The van der Waals surface area contributed by atoms with Crippen LogP contribution in [-0.4, -0.2) is 10.8 Å². The van der Waals surface area contributed by atoms with E-state index in [0.29, 0.717) is 11.4 Å². The zero-order valence-electron chi connectivity index (χ0n) is 12.4. The molecule has 1 aromatic carbocycles. The smallest absolute Gasteiger partial charge is 0.230 e. The third kappa shape index (κ3) is 2.61. The minimum Gasteiger partial charge on any atom is -0.438 e. The van der Waals surface area contributed by atoms with E-state index in [1.807, 2.05) is 38.1 Å². The predicted octanol–water partition coefficient (Wildman–Crippen LogP) is 3.26. The van der Waals surface area contributed by atoms with Gasteiger partial charge < -0.3 is 10.5 Å². The van der Waals surface area contributed by atoms with Gasteiger partial charge >= 0.3 is 0 Å². The normalized spacial score (nSPS) is 13.0. The Morgan fingerprint density at radius 3 is 2.81 bits per heavy atom. The van der Waals surface area contributed by atoms with Crippen LogP contribution in [0.1, 0.15) is 34.4 Å². The summed E-state index contributed by atoms with van der Waals surface area (Å²) in [6.07, 6.45) is 3.08. The summed E-state index contributed by atoms with van der Waals surface area (Å²) in [5, 5.41) is 7.76. The van der Waals surface area contributed by atoms with Gasteiger partial charge in [0.2, 0.25) is 5.88 Å². The van der Waals surface area contributed by atoms with E-state index in [2.05, 4.69) is 4.98 Å². The lowest BCUT2D eigenvalue weighted by molar-refractivity contribution is 0.456. The molecule has 4 heteroatoms. The molecule has 3 N–H and O–H groups in total. The van der Waals surface area contributed by atoms with Gasteiger partial charge in [0.25, 0.3) is 0 Å². The lowest BCUT2D eigenvalue weighted by Gasteiger charge is -2.13. The third-order valence-corrected chi connectivity index (χ3v) is 3.86. The van der Waals surface area contributed by atoms with Crippen LogP contribution in [0.15, 0.2) is 24.3 Å². The first-order chi connectivity index (χ1) is 10.0. The molecular weight excluding hydrogens is 262 g/mol. The number of nitrogens with two attached hydrogens (primary N) is 1. The predicted molar refractivity (Wildman–Crippen MR) is 83.3 cm³/mol. The number of aromatic nitrogens is 1. The average Bonchev–Trinajstić information content (AvgIpc) is 2.89. The van der Waals surface area contributed by atoms with Crippen molar-refractivity contribution in [2.24, 2.45) is 5.73 Å². The van der Waals surface area contributed by atoms with E-state index in [-0.39, 0.29) is 5.84 Å². The van der Waals surface area contributed by atoms with E-state index in [9.17, 15) is 0 Å². The van der Waals surface area contributed by atoms with Gasteiger partial charge in [0.1, 0.15) is 11.6 Å². The number of nitrogens with one attached hydrogen (secondary N) is 1. The number of amidine groups is 1. The summed E-state index contributed by atoms with van der Waals surface area (Å²) in [7, 11) is 0. The van der Waals surface area contributed by atoms with Crippen LogP contribution >= 0.6 is 0 Å². The fourth-order valence-electron chi connectivity index (χ4n) is 2.65. The van der Waals surface area contributed by atoms with Gasteiger partial charge in [-0.15, -0.1) is 0 Å². The molecule has 3 rings (SSSR count). The molecular formula is C17H19N3O. The molecule has 0 saturated carbocycles. The van der Waals surface area contributed by atoms with E-state index in [1.54, 1.807) is 0 Å². The fourth-order valence-corrected chi connectivity index (χ4v) is 2.65. The van der Waals surface area contributed by atoms with Gasteiger partial charge in [-0.3, -0.25) is 5.41 Å². The number of fused-ring (bicyclic) bond motifs is 1. The van der Waals surface area contributed by atoms with E-state index >= 15 is 0 Å². The Kier molecular flexibility index (Phi) is 3.37. The van der Waals surface area contributed by atoms with Gasteiger partial charge in [-0.25, -0.2) is 4.98 Å². The van der Waals surface area contributed by atoms with Crippen molar-refractivity contribution in [3.05, 3.63) is 52.2 Å².